The topological polar surface area (TPSA) is 35.5 Å². The van der Waals surface area contributed by atoms with Gasteiger partial charge in [0, 0.05) is 11.1 Å². The summed E-state index contributed by atoms with van der Waals surface area (Å²) in [6.07, 6.45) is 0. The number of ketones is 1. The summed E-state index contributed by atoms with van der Waals surface area (Å²) in [5.41, 5.74) is 1.46. The lowest BCUT2D eigenvalue weighted by molar-refractivity contribution is 0.0849. The Balaban J connectivity index is 1.89. The van der Waals surface area contributed by atoms with E-state index < -0.39 is 5.92 Å². The summed E-state index contributed by atoms with van der Waals surface area (Å²) < 4.78 is 10.8. The lowest BCUT2D eigenvalue weighted by Gasteiger charge is -2.28. The zero-order valence-electron chi connectivity index (χ0n) is 11.6. The van der Waals surface area contributed by atoms with Crippen LogP contribution in [0.15, 0.2) is 48.5 Å². The minimum Gasteiger partial charge on any atom is -0.497 e. The third kappa shape index (κ3) is 2.61. The van der Waals surface area contributed by atoms with Gasteiger partial charge in [0.15, 0.2) is 5.78 Å². The summed E-state index contributed by atoms with van der Waals surface area (Å²) in [5.74, 6) is 0.994. The number of methoxy groups -OCH3 is 1. The lowest BCUT2D eigenvalue weighted by atomic mass is 9.89. The molecule has 2 atom stereocenters. The van der Waals surface area contributed by atoms with E-state index >= 15 is 0 Å². The summed E-state index contributed by atoms with van der Waals surface area (Å²) in [7, 11) is 1.58. The van der Waals surface area contributed by atoms with E-state index in [1.807, 2.05) is 30.3 Å². The minimum atomic E-state index is -0.395. The number of hydrogen-bond acceptors (Lipinski definition) is 3. The quantitative estimate of drug-likeness (QED) is 0.638. The van der Waals surface area contributed by atoms with E-state index in [-0.39, 0.29) is 11.2 Å². The number of carbonyl (C=O) groups excluding carboxylic acids is 1. The van der Waals surface area contributed by atoms with Crippen LogP contribution in [0.3, 0.4) is 0 Å². The van der Waals surface area contributed by atoms with Crippen molar-refractivity contribution in [2.45, 2.75) is 5.38 Å². The Hall–Kier alpha value is -2.00. The summed E-state index contributed by atoms with van der Waals surface area (Å²) >= 11 is 6.50. The van der Waals surface area contributed by atoms with E-state index in [1.54, 1.807) is 25.3 Å². The second-order valence-corrected chi connectivity index (χ2v) is 5.42. The van der Waals surface area contributed by atoms with E-state index in [2.05, 4.69) is 0 Å². The van der Waals surface area contributed by atoms with Crippen molar-refractivity contribution in [3.8, 4) is 11.5 Å². The van der Waals surface area contributed by atoms with Crippen molar-refractivity contribution in [3.05, 3.63) is 59.7 Å². The first-order valence-electron chi connectivity index (χ1n) is 6.75. The van der Waals surface area contributed by atoms with Gasteiger partial charge in [0.2, 0.25) is 0 Å². The SMILES string of the molecule is COc1cccc(C(=O)C2COc3ccccc3C2Cl)c1. The lowest BCUT2D eigenvalue weighted by Crippen LogP contribution is -2.30. The number of fused-ring (bicyclic) bond motifs is 1. The van der Waals surface area contributed by atoms with Gasteiger partial charge in [-0.25, -0.2) is 0 Å². The highest BCUT2D eigenvalue weighted by atomic mass is 35.5. The zero-order chi connectivity index (χ0) is 14.8. The molecule has 108 valence electrons. The van der Waals surface area contributed by atoms with E-state index in [9.17, 15) is 4.79 Å². The molecule has 3 nitrogen and oxygen atoms in total. The van der Waals surface area contributed by atoms with Crippen LogP contribution in [-0.2, 0) is 0 Å². The van der Waals surface area contributed by atoms with Gasteiger partial charge in [0.1, 0.15) is 18.1 Å². The highest BCUT2D eigenvalue weighted by molar-refractivity contribution is 6.23. The minimum absolute atomic E-state index is 0.0246. The number of para-hydroxylation sites is 1. The van der Waals surface area contributed by atoms with E-state index in [0.29, 0.717) is 17.9 Å². The van der Waals surface area contributed by atoms with Crippen molar-refractivity contribution in [2.24, 2.45) is 5.92 Å². The van der Waals surface area contributed by atoms with Crippen molar-refractivity contribution in [3.63, 3.8) is 0 Å². The number of alkyl halides is 1. The van der Waals surface area contributed by atoms with Gasteiger partial charge >= 0.3 is 0 Å². The average Bonchev–Trinajstić information content (AvgIpc) is 2.55. The monoisotopic (exact) mass is 302 g/mol. The molecule has 1 aliphatic heterocycles. The van der Waals surface area contributed by atoms with Gasteiger partial charge in [-0.2, -0.15) is 0 Å². The molecule has 0 radical (unpaired) electrons. The number of halogens is 1. The molecule has 1 aliphatic rings. The maximum atomic E-state index is 12.7. The van der Waals surface area contributed by atoms with Gasteiger partial charge < -0.3 is 9.47 Å². The predicted octanol–water partition coefficient (Wildman–Crippen LogP) is 3.87. The molecule has 4 heteroatoms. The Morgan fingerprint density at radius 3 is 2.86 bits per heavy atom. The van der Waals surface area contributed by atoms with Crippen LogP contribution in [0.5, 0.6) is 11.5 Å². The molecular weight excluding hydrogens is 288 g/mol. The number of hydrogen-bond donors (Lipinski definition) is 0. The Labute approximate surface area is 128 Å². The number of carbonyl (C=O) groups is 1. The Morgan fingerprint density at radius 2 is 2.05 bits per heavy atom. The smallest absolute Gasteiger partial charge is 0.171 e. The van der Waals surface area contributed by atoms with Gasteiger partial charge in [0.05, 0.1) is 18.4 Å². The molecule has 0 aromatic heterocycles. The van der Waals surface area contributed by atoms with E-state index in [4.69, 9.17) is 21.1 Å². The molecule has 2 aromatic rings. The normalized spacial score (nSPS) is 20.3. The van der Waals surface area contributed by atoms with Crippen molar-refractivity contribution < 1.29 is 14.3 Å². The van der Waals surface area contributed by atoms with Crippen LogP contribution in [0.25, 0.3) is 0 Å². The Morgan fingerprint density at radius 1 is 1.24 bits per heavy atom. The molecule has 0 bridgehead atoms. The fourth-order valence-corrected chi connectivity index (χ4v) is 2.89. The van der Waals surface area contributed by atoms with Crippen LogP contribution in [0.2, 0.25) is 0 Å². The molecule has 21 heavy (non-hydrogen) atoms. The zero-order valence-corrected chi connectivity index (χ0v) is 12.3. The van der Waals surface area contributed by atoms with Crippen LogP contribution >= 0.6 is 11.6 Å². The van der Waals surface area contributed by atoms with E-state index in [0.717, 1.165) is 11.3 Å². The van der Waals surface area contributed by atoms with Gasteiger partial charge in [-0.1, -0.05) is 30.3 Å². The highest BCUT2D eigenvalue weighted by Crippen LogP contribution is 2.41. The summed E-state index contributed by atoms with van der Waals surface area (Å²) in [4.78, 5) is 12.7. The molecule has 2 aromatic carbocycles. The standard InChI is InChI=1S/C17H15ClO3/c1-20-12-6-4-5-11(9-12)17(19)14-10-21-15-8-3-2-7-13(15)16(14)18/h2-9,14,16H,10H2,1H3. The average molecular weight is 303 g/mol. The molecule has 1 heterocycles. The molecule has 0 N–H and O–H groups in total. The van der Waals surface area contributed by atoms with Gasteiger partial charge in [0.25, 0.3) is 0 Å². The van der Waals surface area contributed by atoms with Crippen molar-refractivity contribution >= 4 is 17.4 Å². The fraction of sp³-hybridized carbons (Fsp3) is 0.235. The molecule has 3 rings (SSSR count). The summed E-state index contributed by atoms with van der Waals surface area (Å²) in [6, 6.07) is 14.7. The Bertz CT molecular complexity index is 669. The van der Waals surface area contributed by atoms with Crippen LogP contribution < -0.4 is 9.47 Å². The number of benzene rings is 2. The Kier molecular flexibility index (Phi) is 3.84. The van der Waals surface area contributed by atoms with Crippen molar-refractivity contribution in [1.29, 1.82) is 0 Å². The van der Waals surface area contributed by atoms with Crippen LogP contribution in [0.4, 0.5) is 0 Å². The third-order valence-corrected chi connectivity index (χ3v) is 4.22. The maximum Gasteiger partial charge on any atom is 0.171 e. The molecule has 0 saturated heterocycles. The van der Waals surface area contributed by atoms with Crippen LogP contribution in [0.1, 0.15) is 21.3 Å². The largest absolute Gasteiger partial charge is 0.497 e. The van der Waals surface area contributed by atoms with Gasteiger partial charge in [-0.3, -0.25) is 4.79 Å². The van der Waals surface area contributed by atoms with Gasteiger partial charge in [-0.05, 0) is 18.2 Å². The molecule has 0 aliphatic carbocycles. The van der Waals surface area contributed by atoms with Gasteiger partial charge in [-0.15, -0.1) is 11.6 Å². The maximum absolute atomic E-state index is 12.7. The first kappa shape index (κ1) is 14.0. The molecule has 0 saturated carbocycles. The first-order chi connectivity index (χ1) is 10.2. The first-order valence-corrected chi connectivity index (χ1v) is 7.18. The molecule has 0 fully saturated rings. The molecule has 2 unspecified atom stereocenters. The number of Topliss-reactive ketones (excluding diaryl/α,β-unsaturated/α-hetero) is 1. The van der Waals surface area contributed by atoms with Crippen molar-refractivity contribution in [2.75, 3.05) is 13.7 Å². The fourth-order valence-electron chi connectivity index (χ4n) is 2.52. The van der Waals surface area contributed by atoms with Crippen molar-refractivity contribution in [1.82, 2.24) is 0 Å². The van der Waals surface area contributed by atoms with E-state index in [1.165, 1.54) is 0 Å². The number of ether oxygens (including phenoxy) is 2. The number of rotatable bonds is 3. The molecule has 0 amide bonds. The van der Waals surface area contributed by atoms with Crippen LogP contribution in [-0.4, -0.2) is 19.5 Å². The summed E-state index contributed by atoms with van der Waals surface area (Å²) in [5, 5.41) is -0.381. The molecule has 0 spiro atoms. The predicted molar refractivity (Wildman–Crippen MR) is 81.3 cm³/mol. The van der Waals surface area contributed by atoms with Crippen LogP contribution in [0, 0.1) is 5.92 Å². The second kappa shape index (κ2) is 5.78. The second-order valence-electron chi connectivity index (χ2n) is 4.95. The molecular formula is C17H15ClO3. The summed E-state index contributed by atoms with van der Waals surface area (Å²) in [6.45, 7) is 0.293. The third-order valence-electron chi connectivity index (χ3n) is 3.68. The highest BCUT2D eigenvalue weighted by Gasteiger charge is 2.34.